The second-order valence-corrected chi connectivity index (χ2v) is 16.9. The number of thiazole rings is 1. The molecule has 1 aromatic carbocycles. The van der Waals surface area contributed by atoms with E-state index in [1.807, 2.05) is 31.5 Å². The number of aldehydes is 1. The van der Waals surface area contributed by atoms with Crippen molar-refractivity contribution in [1.82, 2.24) is 35.2 Å². The van der Waals surface area contributed by atoms with Crippen LogP contribution in [0.5, 0.6) is 0 Å². The number of amides is 3. The van der Waals surface area contributed by atoms with Gasteiger partial charge < -0.3 is 29.1 Å². The Morgan fingerprint density at radius 3 is 2.80 bits per heavy atom. The lowest BCUT2D eigenvalue weighted by Crippen LogP contribution is -2.66. The van der Waals surface area contributed by atoms with Crippen LogP contribution in [0.1, 0.15) is 82.7 Å². The number of rotatable bonds is 6. The van der Waals surface area contributed by atoms with Crippen molar-refractivity contribution in [2.75, 3.05) is 33.4 Å². The molecule has 2 fully saturated rings. The van der Waals surface area contributed by atoms with Crippen LogP contribution < -0.4 is 10.7 Å². The van der Waals surface area contributed by atoms with Gasteiger partial charge in [0.2, 0.25) is 0 Å². The minimum absolute atomic E-state index is 0.0963. The molecule has 3 aliphatic heterocycles. The van der Waals surface area contributed by atoms with Crippen molar-refractivity contribution >= 4 is 40.5 Å². The topological polar surface area (TPSA) is 131 Å². The minimum atomic E-state index is -1.08. The van der Waals surface area contributed by atoms with E-state index in [9.17, 15) is 14.4 Å². The predicted molar refractivity (Wildman–Crippen MR) is 210 cm³/mol. The second kappa shape index (κ2) is 15.5. The molecule has 0 spiro atoms. The van der Waals surface area contributed by atoms with Crippen LogP contribution in [-0.4, -0.2) is 93.7 Å². The van der Waals surface area contributed by atoms with Gasteiger partial charge in [-0.3, -0.25) is 14.8 Å². The van der Waals surface area contributed by atoms with Crippen LogP contribution in [0.3, 0.4) is 0 Å². The van der Waals surface area contributed by atoms with E-state index in [1.165, 1.54) is 21.9 Å². The fourth-order valence-corrected chi connectivity index (χ4v) is 9.23. The van der Waals surface area contributed by atoms with Crippen LogP contribution in [-0.2, 0) is 38.4 Å². The Hall–Kier alpha value is -4.17. The third-order valence-electron chi connectivity index (χ3n) is 11.3. The minimum Gasteiger partial charge on any atom is -0.378 e. The number of carbonyl (C=O) groups is 3. The molecule has 6 bridgehead atoms. The van der Waals surface area contributed by atoms with E-state index in [2.05, 4.69) is 60.3 Å². The summed E-state index contributed by atoms with van der Waals surface area (Å²) in [7, 11) is 1.71. The average Bonchev–Trinajstić information content (AvgIpc) is 3.90. The molecule has 0 saturated carbocycles. The summed E-state index contributed by atoms with van der Waals surface area (Å²) in [6, 6.07) is 9.60. The fourth-order valence-electron chi connectivity index (χ4n) is 8.38. The highest BCUT2D eigenvalue weighted by Gasteiger charge is 2.41. The van der Waals surface area contributed by atoms with Gasteiger partial charge in [0.25, 0.3) is 5.91 Å². The van der Waals surface area contributed by atoms with E-state index in [0.29, 0.717) is 39.0 Å². The maximum atomic E-state index is 14.3. The van der Waals surface area contributed by atoms with E-state index in [1.54, 1.807) is 12.0 Å². The summed E-state index contributed by atoms with van der Waals surface area (Å²) >= 11 is 1.48. The van der Waals surface area contributed by atoms with Crippen molar-refractivity contribution in [3.05, 3.63) is 58.2 Å². The Morgan fingerprint density at radius 1 is 1.22 bits per heavy atom. The summed E-state index contributed by atoms with van der Waals surface area (Å²) in [4.78, 5) is 52.4. The van der Waals surface area contributed by atoms with Crippen LogP contribution in [0.2, 0.25) is 0 Å². The first-order chi connectivity index (χ1) is 26.0. The largest absolute Gasteiger partial charge is 0.378 e. The molecule has 13 heteroatoms. The molecule has 0 unspecified atom stereocenters. The summed E-state index contributed by atoms with van der Waals surface area (Å²) in [6.45, 7) is 12.9. The number of urea groups is 1. The van der Waals surface area contributed by atoms with Gasteiger partial charge in [-0.25, -0.2) is 15.2 Å². The number of pyridine rings is 1. The third-order valence-corrected chi connectivity index (χ3v) is 12.2. The molecule has 54 heavy (non-hydrogen) atoms. The molecule has 4 aromatic rings. The predicted octanol–water partition coefficient (Wildman–Crippen LogP) is 6.32. The summed E-state index contributed by atoms with van der Waals surface area (Å²) in [5.41, 5.74) is 8.93. The number of methoxy groups -OCH3 is 1. The lowest BCUT2D eigenvalue weighted by molar-refractivity contribution is -0.145. The molecule has 2 N–H and O–H groups in total. The van der Waals surface area contributed by atoms with E-state index in [4.69, 9.17) is 19.4 Å². The van der Waals surface area contributed by atoms with Crippen molar-refractivity contribution in [3.63, 3.8) is 0 Å². The van der Waals surface area contributed by atoms with Gasteiger partial charge in [0, 0.05) is 72.8 Å². The first-order valence-corrected chi connectivity index (χ1v) is 20.1. The number of nitrogens with one attached hydrogen (secondary N) is 2. The van der Waals surface area contributed by atoms with Gasteiger partial charge in [0.15, 0.2) is 0 Å². The first kappa shape index (κ1) is 38.1. The fraction of sp³-hybridized carbons (Fsp3) is 0.537. The summed E-state index contributed by atoms with van der Waals surface area (Å²) in [5.74, 6) is -0.295. The van der Waals surface area contributed by atoms with E-state index >= 15 is 0 Å². The zero-order valence-electron chi connectivity index (χ0n) is 32.3. The molecule has 3 aliphatic rings. The number of hydrogen-bond donors (Lipinski definition) is 2. The molecule has 0 radical (unpaired) electrons. The number of nitrogens with zero attached hydrogens (tertiary/aromatic N) is 5. The van der Waals surface area contributed by atoms with Crippen molar-refractivity contribution in [3.8, 4) is 22.5 Å². The van der Waals surface area contributed by atoms with Crippen LogP contribution in [0, 0.1) is 5.41 Å². The molecule has 6 heterocycles. The number of hydrazine groups is 1. The van der Waals surface area contributed by atoms with Crippen LogP contribution >= 0.6 is 11.3 Å². The molecule has 3 amide bonds. The molecular formula is C41H53N7O5S. The number of aryl methyl sites for hydroxylation is 1. The van der Waals surface area contributed by atoms with Gasteiger partial charge in [0.05, 0.1) is 41.4 Å². The van der Waals surface area contributed by atoms with Crippen molar-refractivity contribution in [1.29, 1.82) is 0 Å². The Morgan fingerprint density at radius 2 is 2.06 bits per heavy atom. The van der Waals surface area contributed by atoms with Gasteiger partial charge in [-0.15, -0.1) is 11.3 Å². The van der Waals surface area contributed by atoms with Gasteiger partial charge in [0.1, 0.15) is 17.9 Å². The zero-order valence-corrected chi connectivity index (χ0v) is 33.1. The SMILES string of the molecule is CCn1c(-c2cccnc2[C@H](C)OC)c2c3cc(ccc31)-c1csc(n1)C[C@H](NC(=O)N1CCC[C@H]1C)C(=O)N1CCC[C@](C=O)(COCC(C)(C)C2)N1. The summed E-state index contributed by atoms with van der Waals surface area (Å²) in [5, 5.41) is 8.46. The standard InChI is InChI=1S/C41H53N7O5S/c1-7-46-34-14-13-28-19-30(34)31(37(46)29-12-8-16-42-36(29)27(3)52-6)21-40(4,5)24-53-25-41(23-49)15-10-18-48(45-41)38(50)32(20-35-43-33(28)22-54-35)44-39(51)47-17-9-11-26(47)2/h8,12-14,16,19,22-23,26-27,32,45H,7,9-11,15,17-18,20-21,24-25H2,1-6H3,(H,44,51)/t26-,27+,32+,41+/m1/s1. The van der Waals surface area contributed by atoms with Crippen molar-refractivity contribution in [2.45, 2.75) is 103 Å². The Balaban J connectivity index is 1.35. The number of ether oxygens (including phenoxy) is 2. The van der Waals surface area contributed by atoms with Crippen molar-refractivity contribution in [2.24, 2.45) is 5.41 Å². The number of hydrogen-bond acceptors (Lipinski definition) is 9. The summed E-state index contributed by atoms with van der Waals surface area (Å²) < 4.78 is 14.6. The van der Waals surface area contributed by atoms with Gasteiger partial charge >= 0.3 is 6.03 Å². The number of likely N-dealkylation sites (tertiary alicyclic amines) is 1. The molecule has 288 valence electrons. The van der Waals surface area contributed by atoms with Crippen LogP contribution in [0.25, 0.3) is 33.4 Å². The average molecular weight is 756 g/mol. The van der Waals surface area contributed by atoms with Gasteiger partial charge in [-0.1, -0.05) is 19.9 Å². The van der Waals surface area contributed by atoms with E-state index < -0.39 is 11.6 Å². The Labute approximate surface area is 321 Å². The smallest absolute Gasteiger partial charge is 0.318 e. The van der Waals surface area contributed by atoms with Crippen LogP contribution in [0.4, 0.5) is 4.79 Å². The highest BCUT2D eigenvalue weighted by molar-refractivity contribution is 7.10. The molecule has 2 saturated heterocycles. The third kappa shape index (κ3) is 7.43. The van der Waals surface area contributed by atoms with Crippen LogP contribution in [0.15, 0.2) is 41.9 Å². The molecule has 3 aromatic heterocycles. The quantitative estimate of drug-likeness (QED) is 0.219. The normalized spacial score (nSPS) is 24.0. The molecule has 4 atom stereocenters. The highest BCUT2D eigenvalue weighted by atomic mass is 32.1. The number of benzene rings is 1. The van der Waals surface area contributed by atoms with E-state index in [-0.39, 0.29) is 42.5 Å². The maximum Gasteiger partial charge on any atom is 0.318 e. The lowest BCUT2D eigenvalue weighted by atomic mass is 9.84. The number of carbonyl (C=O) groups excluding carboxylic acids is 3. The van der Waals surface area contributed by atoms with Gasteiger partial charge in [-0.05, 0) is 88.1 Å². The molecule has 7 rings (SSSR count). The Kier molecular flexibility index (Phi) is 11.0. The highest BCUT2D eigenvalue weighted by Crippen LogP contribution is 2.42. The Bertz CT molecular complexity index is 2030. The second-order valence-electron chi connectivity index (χ2n) is 15.9. The lowest BCUT2D eigenvalue weighted by Gasteiger charge is -2.42. The van der Waals surface area contributed by atoms with Crippen molar-refractivity contribution < 1.29 is 23.9 Å². The number of fused-ring (bicyclic) bond motifs is 6. The molecular weight excluding hydrogens is 703 g/mol. The summed E-state index contributed by atoms with van der Waals surface area (Å²) in [6.07, 6.45) is 6.39. The molecule has 12 nitrogen and oxygen atoms in total. The monoisotopic (exact) mass is 755 g/mol. The van der Waals surface area contributed by atoms with E-state index in [0.717, 1.165) is 69.8 Å². The zero-order chi connectivity index (χ0) is 38.2. The maximum absolute atomic E-state index is 14.3. The molecule has 0 aliphatic carbocycles. The van der Waals surface area contributed by atoms with Gasteiger partial charge in [-0.2, -0.15) is 0 Å². The number of aromatic nitrogens is 3. The first-order valence-electron chi connectivity index (χ1n) is 19.2.